The molecule has 0 aliphatic rings. The largest absolute Gasteiger partial charge is 0.455 e. The van der Waals surface area contributed by atoms with Crippen molar-refractivity contribution in [3.8, 4) is 34.5 Å². The number of oxazole rings is 1. The second-order valence-corrected chi connectivity index (χ2v) is 17.3. The Hall–Kier alpha value is -4.45. The van der Waals surface area contributed by atoms with Gasteiger partial charge in [-0.15, -0.1) is 0 Å². The van der Waals surface area contributed by atoms with Crippen molar-refractivity contribution < 1.29 is 37.0 Å². The SMILES string of the molecule is Cc1nc(-c2nc3cc(Oc4c(Br)cc(CC(F)C(=O)OC(=O)C(F)Cc5cc(Br)c(Oc6ccc7[nH]c(CC(C)C)nc7c6)c(Br)c5)cc4Br)ccc3[nH]2)c(C)o1. The summed E-state index contributed by atoms with van der Waals surface area (Å²) in [6.45, 7) is 7.82. The van der Waals surface area contributed by atoms with Gasteiger partial charge in [-0.1, -0.05) is 13.8 Å². The molecule has 4 aromatic carbocycles. The van der Waals surface area contributed by atoms with E-state index in [9.17, 15) is 9.59 Å². The number of nitrogens with one attached hydrogen (secondary N) is 2. The van der Waals surface area contributed by atoms with Crippen molar-refractivity contribution in [3.63, 3.8) is 0 Å². The number of H-pyrrole nitrogens is 2. The Balaban J connectivity index is 0.938. The number of carbonyl (C=O) groups excluding carboxylic acids is 2. The molecular formula is C41H33Br4F2N5O6. The fraction of sp³-hybridized carbons (Fsp3) is 0.244. The number of benzene rings is 4. The van der Waals surface area contributed by atoms with E-state index in [1.54, 1.807) is 49.4 Å². The molecule has 2 unspecified atom stereocenters. The van der Waals surface area contributed by atoms with Crippen LogP contribution in [-0.4, -0.2) is 49.2 Å². The van der Waals surface area contributed by atoms with E-state index in [0.717, 1.165) is 28.8 Å². The van der Waals surface area contributed by atoms with Gasteiger partial charge in [0.15, 0.2) is 23.2 Å². The Bertz CT molecular complexity index is 2650. The number of aromatic nitrogens is 5. The number of nitrogens with zero attached hydrogens (tertiary/aromatic N) is 3. The Morgan fingerprint density at radius 3 is 1.64 bits per heavy atom. The van der Waals surface area contributed by atoms with Crippen molar-refractivity contribution in [2.45, 2.75) is 59.3 Å². The zero-order chi connectivity index (χ0) is 41.4. The second-order valence-electron chi connectivity index (χ2n) is 13.9. The van der Waals surface area contributed by atoms with Gasteiger partial charge in [0.25, 0.3) is 0 Å². The Labute approximate surface area is 364 Å². The molecule has 7 rings (SSSR count). The zero-order valence-electron chi connectivity index (χ0n) is 31.2. The Kier molecular flexibility index (Phi) is 12.5. The van der Waals surface area contributed by atoms with Crippen molar-refractivity contribution in [2.75, 3.05) is 0 Å². The van der Waals surface area contributed by atoms with Crippen molar-refractivity contribution in [2.24, 2.45) is 5.92 Å². The number of alkyl halides is 2. The first kappa shape index (κ1) is 41.7. The van der Waals surface area contributed by atoms with Crippen molar-refractivity contribution >= 4 is 97.7 Å². The summed E-state index contributed by atoms with van der Waals surface area (Å²) >= 11 is 13.8. The van der Waals surface area contributed by atoms with E-state index in [0.29, 0.717) is 86.6 Å². The number of fused-ring (bicyclic) bond motifs is 2. The van der Waals surface area contributed by atoms with Crippen LogP contribution in [0.1, 0.15) is 42.4 Å². The number of hydrogen-bond donors (Lipinski definition) is 2. The van der Waals surface area contributed by atoms with Crippen LogP contribution in [0.25, 0.3) is 33.6 Å². The van der Waals surface area contributed by atoms with Gasteiger partial charge in [-0.3, -0.25) is 0 Å². The molecule has 0 radical (unpaired) electrons. The van der Waals surface area contributed by atoms with E-state index >= 15 is 8.78 Å². The van der Waals surface area contributed by atoms with Crippen LogP contribution in [-0.2, 0) is 33.6 Å². The van der Waals surface area contributed by atoms with Gasteiger partial charge in [-0.25, -0.2) is 33.3 Å². The van der Waals surface area contributed by atoms with Crippen LogP contribution in [0.3, 0.4) is 0 Å². The molecule has 0 bridgehead atoms. The number of ether oxygens (including phenoxy) is 3. The van der Waals surface area contributed by atoms with Crippen LogP contribution in [0.2, 0.25) is 0 Å². The minimum atomic E-state index is -2.25. The number of aromatic amines is 2. The summed E-state index contributed by atoms with van der Waals surface area (Å²) in [5.74, 6) is 1.90. The van der Waals surface area contributed by atoms with Crippen molar-refractivity contribution in [1.82, 2.24) is 24.9 Å². The lowest BCUT2D eigenvalue weighted by molar-refractivity contribution is -0.166. The number of carbonyl (C=O) groups is 2. The van der Waals surface area contributed by atoms with Gasteiger partial charge in [-0.2, -0.15) is 0 Å². The molecule has 17 heteroatoms. The normalized spacial score (nSPS) is 12.7. The molecular weight excluding hydrogens is 1020 g/mol. The summed E-state index contributed by atoms with van der Waals surface area (Å²) < 4.78 is 54.5. The second kappa shape index (κ2) is 17.4. The molecule has 11 nitrogen and oxygen atoms in total. The summed E-state index contributed by atoms with van der Waals surface area (Å²) in [7, 11) is 0. The first-order valence-corrected chi connectivity index (χ1v) is 21.1. The topological polar surface area (TPSA) is 145 Å². The van der Waals surface area contributed by atoms with Crippen LogP contribution < -0.4 is 9.47 Å². The molecule has 0 fully saturated rings. The van der Waals surface area contributed by atoms with Gasteiger partial charge >= 0.3 is 11.9 Å². The number of aryl methyl sites for hydroxylation is 2. The van der Waals surface area contributed by atoms with Gasteiger partial charge in [0, 0.05) is 38.3 Å². The standard InChI is InChI=1S/C41H33Br4F2N5O6/c1-18(2)9-35-49-31-7-5-23(16-33(31)50-35)56-37-25(42)10-21(11-26(37)43)14-29(46)40(53)58-41(54)30(47)15-22-12-27(44)38(28(45)13-22)57-24-6-8-32-34(17-24)52-39(51-32)36-19(3)55-20(4)48-36/h5-8,10-13,16-18,29-30H,9,14-15H2,1-4H3,(H,49,50)(H,51,52). The van der Waals surface area contributed by atoms with E-state index in [4.69, 9.17) is 13.9 Å². The fourth-order valence-corrected chi connectivity index (χ4v) is 9.08. The van der Waals surface area contributed by atoms with E-state index < -0.39 is 37.1 Å². The molecule has 58 heavy (non-hydrogen) atoms. The third-order valence-electron chi connectivity index (χ3n) is 8.79. The van der Waals surface area contributed by atoms with Gasteiger partial charge in [0.1, 0.15) is 28.8 Å². The molecule has 7 aromatic rings. The average molecular weight is 1050 g/mol. The fourth-order valence-electron chi connectivity index (χ4n) is 6.19. The molecule has 0 amide bonds. The summed E-state index contributed by atoms with van der Waals surface area (Å²) in [6.07, 6.45) is -4.56. The van der Waals surface area contributed by atoms with E-state index in [-0.39, 0.29) is 0 Å². The zero-order valence-corrected chi connectivity index (χ0v) is 37.5. The number of hydrogen-bond acceptors (Lipinski definition) is 9. The summed E-state index contributed by atoms with van der Waals surface area (Å²) in [6, 6.07) is 17.1. The maximum absolute atomic E-state index is 15.1. The van der Waals surface area contributed by atoms with Gasteiger partial charge < -0.3 is 28.6 Å². The lowest BCUT2D eigenvalue weighted by atomic mass is 10.1. The minimum Gasteiger partial charge on any atom is -0.455 e. The first-order valence-electron chi connectivity index (χ1n) is 17.9. The van der Waals surface area contributed by atoms with E-state index in [1.807, 2.05) is 25.1 Å². The number of imidazole rings is 2. The summed E-state index contributed by atoms with van der Waals surface area (Å²) in [5, 5.41) is 0. The van der Waals surface area contributed by atoms with Crippen molar-refractivity contribution in [3.05, 3.63) is 107 Å². The maximum atomic E-state index is 15.1. The molecule has 3 aromatic heterocycles. The molecule has 0 saturated heterocycles. The summed E-state index contributed by atoms with van der Waals surface area (Å²) in [5.41, 5.74) is 4.45. The Morgan fingerprint density at radius 2 is 1.17 bits per heavy atom. The highest BCUT2D eigenvalue weighted by atomic mass is 79.9. The van der Waals surface area contributed by atoms with Crippen LogP contribution >= 0.6 is 63.7 Å². The molecule has 0 aliphatic carbocycles. The van der Waals surface area contributed by atoms with Crippen LogP contribution in [0.15, 0.2) is 83.0 Å². The molecule has 0 aliphatic heterocycles. The van der Waals surface area contributed by atoms with E-state index in [1.165, 1.54) is 0 Å². The minimum absolute atomic E-state index is 0.377. The van der Waals surface area contributed by atoms with Crippen LogP contribution in [0, 0.1) is 19.8 Å². The predicted molar refractivity (Wildman–Crippen MR) is 228 cm³/mol. The highest BCUT2D eigenvalue weighted by Gasteiger charge is 2.29. The highest BCUT2D eigenvalue weighted by Crippen LogP contribution is 2.40. The maximum Gasteiger partial charge on any atom is 0.348 e. The molecule has 0 spiro atoms. The number of rotatable bonds is 13. The van der Waals surface area contributed by atoms with Crippen LogP contribution in [0.4, 0.5) is 8.78 Å². The Morgan fingerprint density at radius 1 is 0.690 bits per heavy atom. The quantitative estimate of drug-likeness (QED) is 0.0851. The van der Waals surface area contributed by atoms with Crippen molar-refractivity contribution in [1.29, 1.82) is 0 Å². The molecule has 2 atom stereocenters. The highest BCUT2D eigenvalue weighted by molar-refractivity contribution is 9.11. The monoisotopic (exact) mass is 1040 g/mol. The lowest BCUT2D eigenvalue weighted by Gasteiger charge is -2.14. The van der Waals surface area contributed by atoms with E-state index in [2.05, 4.69) is 107 Å². The smallest absolute Gasteiger partial charge is 0.348 e. The third kappa shape index (κ3) is 9.53. The van der Waals surface area contributed by atoms with Crippen LogP contribution in [0.5, 0.6) is 23.0 Å². The third-order valence-corrected chi connectivity index (χ3v) is 11.1. The first-order chi connectivity index (χ1) is 27.6. The molecule has 2 N–H and O–H groups in total. The molecule has 0 saturated carbocycles. The molecule has 3 heterocycles. The van der Waals surface area contributed by atoms with Gasteiger partial charge in [0.2, 0.25) is 12.3 Å². The number of esters is 2. The predicted octanol–water partition coefficient (Wildman–Crippen LogP) is 12.1. The lowest BCUT2D eigenvalue weighted by Crippen LogP contribution is -2.29. The average Bonchev–Trinajstić information content (AvgIpc) is 3.85. The summed E-state index contributed by atoms with van der Waals surface area (Å²) in [4.78, 5) is 45.4. The van der Waals surface area contributed by atoms with Gasteiger partial charge in [0.05, 0.1) is 40.0 Å². The van der Waals surface area contributed by atoms with Gasteiger partial charge in [-0.05, 0) is 136 Å². The number of halogens is 6. The molecule has 300 valence electrons.